The second-order valence-corrected chi connectivity index (χ2v) is 9.01. The summed E-state index contributed by atoms with van der Waals surface area (Å²) in [6.45, 7) is 2.91. The molecule has 3 fully saturated rings. The van der Waals surface area contributed by atoms with Gasteiger partial charge in [-0.1, -0.05) is 12.8 Å². The molecule has 1 aliphatic carbocycles. The number of rotatable bonds is 3. The minimum Gasteiger partial charge on any atom is -0.389 e. The Morgan fingerprint density at radius 3 is 2.65 bits per heavy atom. The highest BCUT2D eigenvalue weighted by Gasteiger charge is 2.47. The van der Waals surface area contributed by atoms with Crippen LogP contribution < -0.4 is 9.80 Å². The second-order valence-electron chi connectivity index (χ2n) is 8.28. The standard InChI is InChI=1S/C18H29N5O2S/c1-21(2)16-19-17(26-20-16)23-10-8-18(25)7-9-22(11-14(18)12-23)15(24)13-5-3-4-6-13/h13-14,25H,3-12H2,1-2H3/t14-,18-/m0/s1. The van der Waals surface area contributed by atoms with Gasteiger partial charge in [0.1, 0.15) is 0 Å². The van der Waals surface area contributed by atoms with E-state index >= 15 is 0 Å². The Labute approximate surface area is 159 Å². The summed E-state index contributed by atoms with van der Waals surface area (Å²) in [5.41, 5.74) is -0.641. The van der Waals surface area contributed by atoms with E-state index in [1.807, 2.05) is 23.9 Å². The third-order valence-electron chi connectivity index (χ3n) is 6.36. The van der Waals surface area contributed by atoms with Gasteiger partial charge in [-0.15, -0.1) is 0 Å². The van der Waals surface area contributed by atoms with Crippen molar-refractivity contribution in [1.29, 1.82) is 0 Å². The van der Waals surface area contributed by atoms with Crippen molar-refractivity contribution in [2.24, 2.45) is 11.8 Å². The lowest BCUT2D eigenvalue weighted by Gasteiger charge is -2.50. The van der Waals surface area contributed by atoms with Gasteiger partial charge in [-0.2, -0.15) is 9.36 Å². The maximum absolute atomic E-state index is 12.8. The van der Waals surface area contributed by atoms with Crippen molar-refractivity contribution >= 4 is 28.5 Å². The summed E-state index contributed by atoms with van der Waals surface area (Å²) in [5, 5.41) is 12.0. The highest BCUT2D eigenvalue weighted by Crippen LogP contribution is 2.39. The first kappa shape index (κ1) is 18.0. The normalized spacial score (nSPS) is 29.7. The van der Waals surface area contributed by atoms with Crippen LogP contribution in [0.25, 0.3) is 0 Å². The summed E-state index contributed by atoms with van der Waals surface area (Å²) in [6.07, 6.45) is 5.86. The molecule has 0 bridgehead atoms. The van der Waals surface area contributed by atoms with E-state index in [2.05, 4.69) is 14.3 Å². The van der Waals surface area contributed by atoms with Crippen molar-refractivity contribution in [1.82, 2.24) is 14.3 Å². The number of likely N-dealkylation sites (tertiary alicyclic amines) is 1. The predicted molar refractivity (Wildman–Crippen MR) is 103 cm³/mol. The molecule has 144 valence electrons. The maximum Gasteiger partial charge on any atom is 0.238 e. The van der Waals surface area contributed by atoms with E-state index < -0.39 is 5.60 Å². The average molecular weight is 380 g/mol. The predicted octanol–water partition coefficient (Wildman–Crippen LogP) is 1.58. The van der Waals surface area contributed by atoms with Crippen LogP contribution in [0.2, 0.25) is 0 Å². The summed E-state index contributed by atoms with van der Waals surface area (Å²) in [5.74, 6) is 1.34. The molecule has 8 heteroatoms. The zero-order valence-electron chi connectivity index (χ0n) is 15.7. The van der Waals surface area contributed by atoms with Crippen LogP contribution in [0.1, 0.15) is 38.5 Å². The Morgan fingerprint density at radius 2 is 1.96 bits per heavy atom. The number of amides is 1. The highest BCUT2D eigenvalue weighted by atomic mass is 32.1. The molecule has 3 heterocycles. The number of hydrogen-bond donors (Lipinski definition) is 1. The van der Waals surface area contributed by atoms with E-state index in [0.717, 1.165) is 43.4 Å². The molecule has 3 aliphatic rings. The molecule has 2 aliphatic heterocycles. The van der Waals surface area contributed by atoms with Crippen molar-refractivity contribution in [2.45, 2.75) is 44.1 Å². The number of nitrogens with zero attached hydrogens (tertiary/aromatic N) is 5. The van der Waals surface area contributed by atoms with Gasteiger partial charge in [0.2, 0.25) is 17.0 Å². The first-order valence-corrected chi connectivity index (χ1v) is 10.5. The van der Waals surface area contributed by atoms with Gasteiger partial charge in [-0.3, -0.25) is 4.79 Å². The molecule has 26 heavy (non-hydrogen) atoms. The van der Waals surface area contributed by atoms with Gasteiger partial charge in [0.15, 0.2) is 0 Å². The molecule has 4 rings (SSSR count). The van der Waals surface area contributed by atoms with Crippen LogP contribution >= 0.6 is 11.5 Å². The van der Waals surface area contributed by atoms with Gasteiger partial charge in [0.25, 0.3) is 0 Å². The molecule has 0 unspecified atom stereocenters. The maximum atomic E-state index is 12.8. The fourth-order valence-corrected chi connectivity index (χ4v) is 5.40. The SMILES string of the molecule is CN(C)c1nsc(N2CC[C@@]3(O)CCN(C(=O)C4CCCC4)C[C@H]3C2)n1. The van der Waals surface area contributed by atoms with Crippen LogP contribution in [0.3, 0.4) is 0 Å². The van der Waals surface area contributed by atoms with Crippen LogP contribution in [-0.2, 0) is 4.79 Å². The first-order valence-electron chi connectivity index (χ1n) is 9.73. The summed E-state index contributed by atoms with van der Waals surface area (Å²) >= 11 is 1.41. The Bertz CT molecular complexity index is 660. The number of carbonyl (C=O) groups is 1. The lowest BCUT2D eigenvalue weighted by molar-refractivity contribution is -0.145. The molecule has 1 amide bonds. The molecule has 1 aromatic heterocycles. The highest BCUT2D eigenvalue weighted by molar-refractivity contribution is 7.09. The molecule has 1 saturated carbocycles. The molecular weight excluding hydrogens is 350 g/mol. The van der Waals surface area contributed by atoms with E-state index in [1.54, 1.807) is 0 Å². The molecule has 1 N–H and O–H groups in total. The van der Waals surface area contributed by atoms with E-state index in [4.69, 9.17) is 0 Å². The van der Waals surface area contributed by atoms with Crippen LogP contribution in [0, 0.1) is 11.8 Å². The molecule has 1 aromatic rings. The van der Waals surface area contributed by atoms with Gasteiger partial charge in [-0.05, 0) is 25.7 Å². The van der Waals surface area contributed by atoms with E-state index in [9.17, 15) is 9.90 Å². The van der Waals surface area contributed by atoms with Crippen molar-refractivity contribution in [3.05, 3.63) is 0 Å². The fraction of sp³-hybridized carbons (Fsp3) is 0.833. The summed E-state index contributed by atoms with van der Waals surface area (Å²) < 4.78 is 4.40. The zero-order chi connectivity index (χ0) is 18.3. The summed E-state index contributed by atoms with van der Waals surface area (Å²) in [4.78, 5) is 23.6. The summed E-state index contributed by atoms with van der Waals surface area (Å²) in [6, 6.07) is 0. The van der Waals surface area contributed by atoms with Crippen LogP contribution in [-0.4, -0.2) is 71.1 Å². The summed E-state index contributed by atoms with van der Waals surface area (Å²) in [7, 11) is 3.88. The molecular formula is C18H29N5O2S. The smallest absolute Gasteiger partial charge is 0.238 e. The van der Waals surface area contributed by atoms with Crippen LogP contribution in [0.4, 0.5) is 11.1 Å². The van der Waals surface area contributed by atoms with Crippen molar-refractivity contribution < 1.29 is 9.90 Å². The number of aromatic nitrogens is 2. The molecule has 7 nitrogen and oxygen atoms in total. The number of anilines is 2. The first-order chi connectivity index (χ1) is 12.5. The zero-order valence-corrected chi connectivity index (χ0v) is 16.5. The van der Waals surface area contributed by atoms with Gasteiger partial charge in [0, 0.05) is 63.6 Å². The molecule has 2 atom stereocenters. The van der Waals surface area contributed by atoms with Crippen molar-refractivity contribution in [3.63, 3.8) is 0 Å². The minimum atomic E-state index is -0.641. The third-order valence-corrected chi connectivity index (χ3v) is 7.13. The van der Waals surface area contributed by atoms with Crippen LogP contribution in [0.15, 0.2) is 0 Å². The van der Waals surface area contributed by atoms with Crippen molar-refractivity contribution in [2.75, 3.05) is 50.1 Å². The Balaban J connectivity index is 1.45. The number of hydrogen-bond acceptors (Lipinski definition) is 7. The molecule has 2 saturated heterocycles. The lowest BCUT2D eigenvalue weighted by Crippen LogP contribution is -2.61. The van der Waals surface area contributed by atoms with Gasteiger partial charge in [0.05, 0.1) is 5.60 Å². The van der Waals surface area contributed by atoms with Gasteiger partial charge >= 0.3 is 0 Å². The largest absolute Gasteiger partial charge is 0.389 e. The van der Waals surface area contributed by atoms with E-state index in [-0.39, 0.29) is 11.8 Å². The fourth-order valence-electron chi connectivity index (χ4n) is 4.63. The van der Waals surface area contributed by atoms with Crippen molar-refractivity contribution in [3.8, 4) is 0 Å². The monoisotopic (exact) mass is 379 g/mol. The molecule has 0 spiro atoms. The van der Waals surface area contributed by atoms with E-state index in [1.165, 1.54) is 24.4 Å². The number of fused-ring (bicyclic) bond motifs is 1. The quantitative estimate of drug-likeness (QED) is 0.860. The number of aliphatic hydroxyl groups is 1. The van der Waals surface area contributed by atoms with Crippen LogP contribution in [0.5, 0.6) is 0 Å². The third kappa shape index (κ3) is 3.29. The number of piperidine rings is 2. The Hall–Kier alpha value is -1.41. The minimum absolute atomic E-state index is 0.0852. The Morgan fingerprint density at radius 1 is 1.23 bits per heavy atom. The van der Waals surface area contributed by atoms with Gasteiger partial charge in [-0.25, -0.2) is 0 Å². The van der Waals surface area contributed by atoms with E-state index in [0.29, 0.717) is 25.4 Å². The van der Waals surface area contributed by atoms with Gasteiger partial charge < -0.3 is 19.8 Å². The second kappa shape index (κ2) is 6.96. The Kier molecular flexibility index (Phi) is 4.81. The molecule has 0 radical (unpaired) electrons. The lowest BCUT2D eigenvalue weighted by atomic mass is 9.75. The topological polar surface area (TPSA) is 72.8 Å². The molecule has 0 aromatic carbocycles. The average Bonchev–Trinajstić information content (AvgIpc) is 3.32. The number of carbonyl (C=O) groups excluding carboxylic acids is 1.